The van der Waals surface area contributed by atoms with Gasteiger partial charge in [-0.05, 0) is 50.0 Å². The van der Waals surface area contributed by atoms with Crippen molar-refractivity contribution in [2.24, 2.45) is 5.92 Å². The molecule has 1 aromatic rings. The van der Waals surface area contributed by atoms with Crippen LogP contribution >= 0.6 is 23.4 Å². The molecule has 2 N–H and O–H groups in total. The van der Waals surface area contributed by atoms with E-state index < -0.39 is 0 Å². The number of hydrogen-bond acceptors (Lipinski definition) is 3. The zero-order valence-electron chi connectivity index (χ0n) is 12.6. The van der Waals surface area contributed by atoms with Gasteiger partial charge in [0, 0.05) is 21.6 Å². The number of thioether (sulfide) groups is 1. The smallest absolute Gasteiger partial charge is 0.224 e. The van der Waals surface area contributed by atoms with Crippen molar-refractivity contribution in [1.29, 1.82) is 0 Å². The van der Waals surface area contributed by atoms with Crippen molar-refractivity contribution in [2.75, 3.05) is 18.4 Å². The summed E-state index contributed by atoms with van der Waals surface area (Å²) in [5.74, 6) is 0.717. The minimum absolute atomic E-state index is 0.0785. The Morgan fingerprint density at radius 1 is 1.52 bits per heavy atom. The molecule has 0 saturated carbocycles. The van der Waals surface area contributed by atoms with E-state index in [4.69, 9.17) is 11.6 Å². The van der Waals surface area contributed by atoms with Crippen LogP contribution < -0.4 is 10.6 Å². The van der Waals surface area contributed by atoms with Gasteiger partial charge < -0.3 is 10.6 Å². The van der Waals surface area contributed by atoms with Crippen LogP contribution in [0, 0.1) is 5.92 Å². The second-order valence-electron chi connectivity index (χ2n) is 5.75. The Bertz CT molecular complexity index is 487. The highest BCUT2D eigenvalue weighted by Crippen LogP contribution is 2.32. The molecule has 1 fully saturated rings. The molecule has 1 aliphatic heterocycles. The second-order valence-corrected chi connectivity index (χ2v) is 7.81. The molecule has 5 heteroatoms. The monoisotopic (exact) mass is 326 g/mol. The molecule has 1 heterocycles. The quantitative estimate of drug-likeness (QED) is 0.771. The van der Waals surface area contributed by atoms with Crippen molar-refractivity contribution >= 4 is 35.0 Å². The fraction of sp³-hybridized carbons (Fsp3) is 0.562. The number of carbonyl (C=O) groups is 1. The first-order valence-electron chi connectivity index (χ1n) is 7.51. The van der Waals surface area contributed by atoms with Gasteiger partial charge >= 0.3 is 0 Å². The van der Waals surface area contributed by atoms with E-state index in [-0.39, 0.29) is 5.91 Å². The maximum absolute atomic E-state index is 12.1. The molecular formula is C16H23ClN2OS. The highest BCUT2D eigenvalue weighted by atomic mass is 35.5. The Hall–Kier alpha value is -0.710. The fourth-order valence-electron chi connectivity index (χ4n) is 2.47. The van der Waals surface area contributed by atoms with E-state index in [1.807, 2.05) is 18.2 Å². The SMILES string of the molecule is CC(C)Sc1ccc(Cl)cc1NC(=O)CCC1CCNC1. The molecule has 21 heavy (non-hydrogen) atoms. The van der Waals surface area contributed by atoms with Crippen molar-refractivity contribution in [1.82, 2.24) is 5.32 Å². The summed E-state index contributed by atoms with van der Waals surface area (Å²) < 4.78 is 0. The van der Waals surface area contributed by atoms with Crippen LogP contribution in [0.4, 0.5) is 5.69 Å². The summed E-state index contributed by atoms with van der Waals surface area (Å²) in [7, 11) is 0. The molecular weight excluding hydrogens is 304 g/mol. The number of carbonyl (C=O) groups excluding carboxylic acids is 1. The Balaban J connectivity index is 1.93. The minimum Gasteiger partial charge on any atom is -0.325 e. The molecule has 1 unspecified atom stereocenters. The number of rotatable bonds is 6. The van der Waals surface area contributed by atoms with Gasteiger partial charge in [-0.1, -0.05) is 25.4 Å². The number of amides is 1. The molecule has 0 aliphatic carbocycles. The molecule has 3 nitrogen and oxygen atoms in total. The van der Waals surface area contributed by atoms with Crippen molar-refractivity contribution in [3.8, 4) is 0 Å². The van der Waals surface area contributed by atoms with E-state index >= 15 is 0 Å². The van der Waals surface area contributed by atoms with Gasteiger partial charge in [-0.15, -0.1) is 11.8 Å². The molecule has 1 aliphatic rings. The largest absolute Gasteiger partial charge is 0.325 e. The summed E-state index contributed by atoms with van der Waals surface area (Å²) in [5, 5.41) is 7.46. The third kappa shape index (κ3) is 5.53. The molecule has 116 valence electrons. The molecule has 0 aromatic heterocycles. The highest BCUT2D eigenvalue weighted by Gasteiger charge is 2.16. The topological polar surface area (TPSA) is 41.1 Å². The summed E-state index contributed by atoms with van der Waals surface area (Å²) in [5.41, 5.74) is 0.829. The van der Waals surface area contributed by atoms with Crippen molar-refractivity contribution in [3.63, 3.8) is 0 Å². The van der Waals surface area contributed by atoms with E-state index in [2.05, 4.69) is 24.5 Å². The van der Waals surface area contributed by atoms with E-state index in [0.717, 1.165) is 30.1 Å². The summed E-state index contributed by atoms with van der Waals surface area (Å²) in [4.78, 5) is 13.2. The van der Waals surface area contributed by atoms with Crippen LogP contribution in [-0.2, 0) is 4.79 Å². The zero-order chi connectivity index (χ0) is 15.2. The Kier molecular flexibility index (Phi) is 6.40. The van der Waals surface area contributed by atoms with Gasteiger partial charge in [0.05, 0.1) is 5.69 Å². The second kappa shape index (κ2) is 8.06. The number of anilines is 1. The summed E-state index contributed by atoms with van der Waals surface area (Å²) >= 11 is 7.78. The summed E-state index contributed by atoms with van der Waals surface area (Å²) in [6.45, 7) is 6.39. The minimum atomic E-state index is 0.0785. The van der Waals surface area contributed by atoms with E-state index in [1.54, 1.807) is 11.8 Å². The lowest BCUT2D eigenvalue weighted by molar-refractivity contribution is -0.116. The maximum atomic E-state index is 12.1. The molecule has 0 bridgehead atoms. The maximum Gasteiger partial charge on any atom is 0.224 e. The third-order valence-electron chi connectivity index (χ3n) is 3.52. The number of nitrogens with one attached hydrogen (secondary N) is 2. The van der Waals surface area contributed by atoms with Crippen molar-refractivity contribution in [2.45, 2.75) is 43.3 Å². The molecule has 1 saturated heterocycles. The van der Waals surface area contributed by atoms with Gasteiger partial charge in [0.25, 0.3) is 0 Å². The lowest BCUT2D eigenvalue weighted by atomic mass is 10.0. The van der Waals surface area contributed by atoms with E-state index in [0.29, 0.717) is 22.6 Å². The zero-order valence-corrected chi connectivity index (χ0v) is 14.2. The van der Waals surface area contributed by atoms with Crippen LogP contribution in [0.2, 0.25) is 5.02 Å². The molecule has 0 radical (unpaired) electrons. The Morgan fingerprint density at radius 2 is 2.33 bits per heavy atom. The first-order chi connectivity index (χ1) is 10.0. The molecule has 1 atom stereocenters. The average molecular weight is 327 g/mol. The predicted octanol–water partition coefficient (Wildman–Crippen LogP) is 4.17. The first kappa shape index (κ1) is 16.7. The number of halogens is 1. The van der Waals surface area contributed by atoms with Gasteiger partial charge in [0.2, 0.25) is 5.91 Å². The standard InChI is InChI=1S/C16H23ClN2OS/c1-11(2)21-15-5-4-13(17)9-14(15)19-16(20)6-3-12-7-8-18-10-12/h4-5,9,11-12,18H,3,6-8,10H2,1-2H3,(H,19,20). The predicted molar refractivity (Wildman–Crippen MR) is 91.3 cm³/mol. The van der Waals surface area contributed by atoms with Gasteiger partial charge in [-0.2, -0.15) is 0 Å². The molecule has 0 spiro atoms. The molecule has 2 rings (SSSR count). The van der Waals surface area contributed by atoms with Crippen molar-refractivity contribution in [3.05, 3.63) is 23.2 Å². The Labute approximate surface area is 136 Å². The van der Waals surface area contributed by atoms with Crippen molar-refractivity contribution < 1.29 is 4.79 Å². The molecule has 1 amide bonds. The van der Waals surface area contributed by atoms with E-state index in [9.17, 15) is 4.79 Å². The number of hydrogen-bond donors (Lipinski definition) is 2. The van der Waals surface area contributed by atoms with Gasteiger partial charge in [-0.3, -0.25) is 4.79 Å². The summed E-state index contributed by atoms with van der Waals surface area (Å²) in [6, 6.07) is 5.68. The van der Waals surface area contributed by atoms with E-state index in [1.165, 1.54) is 6.42 Å². The van der Waals surface area contributed by atoms with Crippen LogP contribution in [-0.4, -0.2) is 24.2 Å². The van der Waals surface area contributed by atoms with Gasteiger partial charge in [-0.25, -0.2) is 0 Å². The van der Waals surface area contributed by atoms with Gasteiger partial charge in [0.1, 0.15) is 0 Å². The van der Waals surface area contributed by atoms with Crippen LogP contribution in [0.15, 0.2) is 23.1 Å². The van der Waals surface area contributed by atoms with Crippen LogP contribution in [0.3, 0.4) is 0 Å². The van der Waals surface area contributed by atoms with Gasteiger partial charge in [0.15, 0.2) is 0 Å². The first-order valence-corrected chi connectivity index (χ1v) is 8.77. The molecule has 1 aromatic carbocycles. The third-order valence-corrected chi connectivity index (χ3v) is 4.84. The lowest BCUT2D eigenvalue weighted by Crippen LogP contribution is -2.15. The number of benzene rings is 1. The van der Waals surface area contributed by atoms with Crippen LogP contribution in [0.5, 0.6) is 0 Å². The average Bonchev–Trinajstić information content (AvgIpc) is 2.92. The summed E-state index contributed by atoms with van der Waals surface area (Å²) in [6.07, 6.45) is 2.70. The van der Waals surface area contributed by atoms with Crippen LogP contribution in [0.1, 0.15) is 33.1 Å². The highest BCUT2D eigenvalue weighted by molar-refractivity contribution is 8.00. The lowest BCUT2D eigenvalue weighted by Gasteiger charge is -2.14. The normalized spacial score (nSPS) is 18.2. The van der Waals surface area contributed by atoms with Crippen LogP contribution in [0.25, 0.3) is 0 Å². The fourth-order valence-corrected chi connectivity index (χ4v) is 3.53. The Morgan fingerprint density at radius 3 is 3.00 bits per heavy atom.